The van der Waals surface area contributed by atoms with Gasteiger partial charge in [-0.3, -0.25) is 4.79 Å². The Morgan fingerprint density at radius 2 is 2.05 bits per heavy atom. The number of hydrogen-bond acceptors (Lipinski definition) is 4. The normalized spacial score (nSPS) is 10.3. The summed E-state index contributed by atoms with van der Waals surface area (Å²) in [6, 6.07) is 8.61. The third-order valence-corrected chi connectivity index (χ3v) is 3.00. The van der Waals surface area contributed by atoms with Gasteiger partial charge in [-0.25, -0.2) is 4.79 Å². The number of aryl methyl sites for hydroxylation is 2. The van der Waals surface area contributed by atoms with Crippen molar-refractivity contribution in [2.75, 3.05) is 6.61 Å². The van der Waals surface area contributed by atoms with Crippen LogP contribution in [0.5, 0.6) is 5.75 Å². The molecule has 2 aromatic rings. The molecular formula is C16H17NO5. The van der Waals surface area contributed by atoms with Crippen LogP contribution in [0.1, 0.15) is 27.4 Å². The summed E-state index contributed by atoms with van der Waals surface area (Å²) in [5.74, 6) is 0.459. The lowest BCUT2D eigenvalue weighted by Crippen LogP contribution is -2.23. The lowest BCUT2D eigenvalue weighted by atomic mass is 10.2. The van der Waals surface area contributed by atoms with Gasteiger partial charge in [0.2, 0.25) is 0 Å². The minimum Gasteiger partial charge on any atom is -0.482 e. The van der Waals surface area contributed by atoms with Gasteiger partial charge in [-0.2, -0.15) is 0 Å². The summed E-state index contributed by atoms with van der Waals surface area (Å²) in [6.45, 7) is 3.44. The van der Waals surface area contributed by atoms with Gasteiger partial charge in [-0.05, 0) is 37.6 Å². The Labute approximate surface area is 127 Å². The van der Waals surface area contributed by atoms with Crippen molar-refractivity contribution in [3.8, 4) is 5.75 Å². The topological polar surface area (TPSA) is 88.8 Å². The van der Waals surface area contributed by atoms with Crippen LogP contribution in [0.2, 0.25) is 0 Å². The minimum absolute atomic E-state index is 0.216. The number of benzene rings is 1. The van der Waals surface area contributed by atoms with E-state index in [1.54, 1.807) is 38.1 Å². The summed E-state index contributed by atoms with van der Waals surface area (Å²) in [4.78, 5) is 22.5. The molecule has 0 aliphatic heterocycles. The van der Waals surface area contributed by atoms with Crippen molar-refractivity contribution in [3.63, 3.8) is 0 Å². The Hall–Kier alpha value is -2.76. The molecule has 0 bridgehead atoms. The van der Waals surface area contributed by atoms with E-state index in [0.717, 1.165) is 5.56 Å². The molecule has 0 radical (unpaired) electrons. The van der Waals surface area contributed by atoms with Crippen LogP contribution in [-0.4, -0.2) is 23.6 Å². The summed E-state index contributed by atoms with van der Waals surface area (Å²) in [6.07, 6.45) is 0. The molecule has 2 N–H and O–H groups in total. The summed E-state index contributed by atoms with van der Waals surface area (Å²) < 4.78 is 10.4. The molecule has 116 valence electrons. The number of carbonyl (C=O) groups excluding carboxylic acids is 1. The Kier molecular flexibility index (Phi) is 4.83. The number of ether oxygens (including phenoxy) is 1. The van der Waals surface area contributed by atoms with E-state index in [1.807, 2.05) is 6.07 Å². The third kappa shape index (κ3) is 4.12. The second-order valence-electron chi connectivity index (χ2n) is 4.84. The van der Waals surface area contributed by atoms with Crippen molar-refractivity contribution in [1.82, 2.24) is 5.32 Å². The van der Waals surface area contributed by atoms with E-state index in [9.17, 15) is 9.59 Å². The van der Waals surface area contributed by atoms with Crippen LogP contribution in [0.15, 0.2) is 34.7 Å². The number of carbonyl (C=O) groups is 2. The van der Waals surface area contributed by atoms with E-state index < -0.39 is 12.6 Å². The maximum absolute atomic E-state index is 12.1. The molecule has 1 amide bonds. The van der Waals surface area contributed by atoms with Crippen LogP contribution in [0, 0.1) is 13.8 Å². The summed E-state index contributed by atoms with van der Waals surface area (Å²) in [5, 5.41) is 11.4. The fourth-order valence-electron chi connectivity index (χ4n) is 2.02. The molecule has 0 aliphatic rings. The first kappa shape index (κ1) is 15.6. The Bertz CT molecular complexity index is 690. The molecule has 6 heteroatoms. The van der Waals surface area contributed by atoms with Gasteiger partial charge in [0.05, 0.1) is 5.56 Å². The highest BCUT2D eigenvalue weighted by molar-refractivity contribution is 5.95. The highest BCUT2D eigenvalue weighted by atomic mass is 16.5. The monoisotopic (exact) mass is 303 g/mol. The third-order valence-electron chi connectivity index (χ3n) is 3.00. The van der Waals surface area contributed by atoms with Gasteiger partial charge in [0.15, 0.2) is 6.61 Å². The largest absolute Gasteiger partial charge is 0.482 e. The van der Waals surface area contributed by atoms with Gasteiger partial charge < -0.3 is 19.6 Å². The number of aliphatic carboxylic acids is 1. The highest BCUT2D eigenvalue weighted by Gasteiger charge is 2.13. The molecule has 2 rings (SSSR count). The number of rotatable bonds is 6. The zero-order valence-electron chi connectivity index (χ0n) is 12.4. The fraction of sp³-hybridized carbons (Fsp3) is 0.250. The number of carboxylic acid groups (broad SMARTS) is 1. The Morgan fingerprint density at radius 1 is 1.27 bits per heavy atom. The number of hydrogen-bond donors (Lipinski definition) is 2. The second-order valence-corrected chi connectivity index (χ2v) is 4.84. The molecule has 6 nitrogen and oxygen atoms in total. The fourth-order valence-corrected chi connectivity index (χ4v) is 2.02. The lowest BCUT2D eigenvalue weighted by Gasteiger charge is -2.07. The van der Waals surface area contributed by atoms with Gasteiger partial charge in [-0.15, -0.1) is 0 Å². The second kappa shape index (κ2) is 6.80. The number of nitrogens with one attached hydrogen (secondary N) is 1. The summed E-state index contributed by atoms with van der Waals surface area (Å²) >= 11 is 0. The van der Waals surface area contributed by atoms with E-state index in [1.165, 1.54) is 0 Å². The van der Waals surface area contributed by atoms with Gasteiger partial charge in [0.25, 0.3) is 5.91 Å². The van der Waals surface area contributed by atoms with E-state index in [0.29, 0.717) is 29.4 Å². The molecule has 0 fully saturated rings. The molecule has 1 aromatic carbocycles. The van der Waals surface area contributed by atoms with Gasteiger partial charge in [0, 0.05) is 6.54 Å². The van der Waals surface area contributed by atoms with Crippen LogP contribution < -0.4 is 10.1 Å². The van der Waals surface area contributed by atoms with E-state index in [4.69, 9.17) is 14.3 Å². The zero-order chi connectivity index (χ0) is 16.1. The molecule has 0 unspecified atom stereocenters. The predicted molar refractivity (Wildman–Crippen MR) is 78.9 cm³/mol. The quantitative estimate of drug-likeness (QED) is 0.854. The SMILES string of the molecule is Cc1cc(C(=O)NCc2cccc(OCC(=O)O)c2)c(C)o1. The smallest absolute Gasteiger partial charge is 0.341 e. The van der Waals surface area contributed by atoms with E-state index in [2.05, 4.69) is 5.32 Å². The molecule has 1 aromatic heterocycles. The lowest BCUT2D eigenvalue weighted by molar-refractivity contribution is -0.139. The van der Waals surface area contributed by atoms with E-state index >= 15 is 0 Å². The molecule has 0 saturated carbocycles. The molecule has 0 atom stereocenters. The molecule has 1 heterocycles. The Morgan fingerprint density at radius 3 is 2.68 bits per heavy atom. The van der Waals surface area contributed by atoms with Crippen LogP contribution in [0.25, 0.3) is 0 Å². The Balaban J connectivity index is 1.96. The van der Waals surface area contributed by atoms with Crippen molar-refractivity contribution in [2.45, 2.75) is 20.4 Å². The molecular weight excluding hydrogens is 286 g/mol. The average molecular weight is 303 g/mol. The first-order valence-electron chi connectivity index (χ1n) is 6.74. The first-order chi connectivity index (χ1) is 10.5. The first-order valence-corrected chi connectivity index (χ1v) is 6.74. The van der Waals surface area contributed by atoms with Crippen molar-refractivity contribution in [1.29, 1.82) is 0 Å². The van der Waals surface area contributed by atoms with Crippen molar-refractivity contribution in [2.24, 2.45) is 0 Å². The van der Waals surface area contributed by atoms with Gasteiger partial charge in [-0.1, -0.05) is 12.1 Å². The molecule has 0 aliphatic carbocycles. The van der Waals surface area contributed by atoms with Crippen molar-refractivity contribution < 1.29 is 23.8 Å². The molecule has 22 heavy (non-hydrogen) atoms. The predicted octanol–water partition coefficient (Wildman–Crippen LogP) is 2.29. The van der Waals surface area contributed by atoms with Crippen LogP contribution in [-0.2, 0) is 11.3 Å². The maximum Gasteiger partial charge on any atom is 0.341 e. The van der Waals surface area contributed by atoms with Crippen molar-refractivity contribution in [3.05, 3.63) is 53.0 Å². The molecule has 0 spiro atoms. The van der Waals surface area contributed by atoms with Crippen LogP contribution in [0.4, 0.5) is 0 Å². The van der Waals surface area contributed by atoms with Crippen molar-refractivity contribution >= 4 is 11.9 Å². The summed E-state index contributed by atoms with van der Waals surface area (Å²) in [7, 11) is 0. The zero-order valence-corrected chi connectivity index (χ0v) is 12.4. The molecule has 0 saturated heterocycles. The van der Waals surface area contributed by atoms with Crippen LogP contribution >= 0.6 is 0 Å². The van der Waals surface area contributed by atoms with Crippen LogP contribution in [0.3, 0.4) is 0 Å². The maximum atomic E-state index is 12.1. The highest BCUT2D eigenvalue weighted by Crippen LogP contribution is 2.15. The van der Waals surface area contributed by atoms with Gasteiger partial charge in [0.1, 0.15) is 17.3 Å². The van der Waals surface area contributed by atoms with Gasteiger partial charge >= 0.3 is 5.97 Å². The number of amides is 1. The minimum atomic E-state index is -1.04. The van der Waals surface area contributed by atoms with E-state index in [-0.39, 0.29) is 5.91 Å². The average Bonchev–Trinajstić information content (AvgIpc) is 2.82. The number of furan rings is 1. The number of carboxylic acids is 1. The summed E-state index contributed by atoms with van der Waals surface area (Å²) in [5.41, 5.74) is 1.32. The standard InChI is InChI=1S/C16H17NO5/c1-10-6-14(11(2)22-10)16(20)17-8-12-4-3-5-13(7-12)21-9-15(18)19/h3-7H,8-9H2,1-2H3,(H,17,20)(H,18,19).